The van der Waals surface area contributed by atoms with Crippen LogP contribution in [0.3, 0.4) is 0 Å². The van der Waals surface area contributed by atoms with Crippen LogP contribution in [0.15, 0.2) is 9.72 Å². The van der Waals surface area contributed by atoms with Gasteiger partial charge in [0.2, 0.25) is 0 Å². The fraction of sp³-hybridized carbons (Fsp3) is 0.769. The number of thioether (sulfide) groups is 1. The van der Waals surface area contributed by atoms with Crippen molar-refractivity contribution in [1.82, 2.24) is 10.3 Å². The highest BCUT2D eigenvalue weighted by Gasteiger charge is 2.24. The fourth-order valence-corrected chi connectivity index (χ4v) is 4.82. The smallest absolute Gasteiger partial charge is 0.150 e. The molecule has 1 fully saturated rings. The first-order chi connectivity index (χ1) is 8.29. The molecular formula is C13H22N2S2. The maximum absolute atomic E-state index is 4.58. The summed E-state index contributed by atoms with van der Waals surface area (Å²) in [5, 5.41) is 6.52. The molecule has 0 aromatic carbocycles. The number of nitrogens with one attached hydrogen (secondary N) is 1. The van der Waals surface area contributed by atoms with Crippen LogP contribution in [0.2, 0.25) is 0 Å². The quantitative estimate of drug-likeness (QED) is 0.841. The van der Waals surface area contributed by atoms with Crippen LogP contribution in [0.5, 0.6) is 0 Å². The number of hydrogen-bond donors (Lipinski definition) is 1. The highest BCUT2D eigenvalue weighted by molar-refractivity contribution is 8.01. The van der Waals surface area contributed by atoms with E-state index >= 15 is 0 Å². The summed E-state index contributed by atoms with van der Waals surface area (Å²) in [4.78, 5) is 4.58. The monoisotopic (exact) mass is 270 g/mol. The molecule has 0 amide bonds. The van der Waals surface area contributed by atoms with Gasteiger partial charge < -0.3 is 5.32 Å². The van der Waals surface area contributed by atoms with Crippen molar-refractivity contribution >= 4 is 23.1 Å². The Morgan fingerprint density at radius 1 is 1.41 bits per heavy atom. The molecule has 96 valence electrons. The average Bonchev–Trinajstić information content (AvgIpc) is 2.58. The minimum atomic E-state index is 0.678. The summed E-state index contributed by atoms with van der Waals surface area (Å²) in [7, 11) is 0. The van der Waals surface area contributed by atoms with Gasteiger partial charge in [0.15, 0.2) is 0 Å². The summed E-state index contributed by atoms with van der Waals surface area (Å²) >= 11 is 3.79. The molecule has 1 aromatic heterocycles. The summed E-state index contributed by atoms with van der Waals surface area (Å²) < 4.78 is 1.25. The van der Waals surface area contributed by atoms with Gasteiger partial charge in [-0.05, 0) is 26.3 Å². The van der Waals surface area contributed by atoms with Crippen LogP contribution in [0, 0.1) is 6.92 Å². The van der Waals surface area contributed by atoms with Crippen molar-refractivity contribution in [2.75, 3.05) is 6.54 Å². The first kappa shape index (κ1) is 13.4. The van der Waals surface area contributed by atoms with Gasteiger partial charge >= 0.3 is 0 Å². The number of rotatable bonds is 4. The lowest BCUT2D eigenvalue weighted by Gasteiger charge is -2.24. The Labute approximate surface area is 113 Å². The van der Waals surface area contributed by atoms with E-state index in [9.17, 15) is 0 Å². The molecule has 1 aliphatic carbocycles. The van der Waals surface area contributed by atoms with Gasteiger partial charge in [0.1, 0.15) is 4.34 Å². The number of thiazole rings is 1. The van der Waals surface area contributed by atoms with Crippen LogP contribution in [-0.2, 0) is 0 Å². The van der Waals surface area contributed by atoms with E-state index in [0.29, 0.717) is 11.3 Å². The molecule has 2 nitrogen and oxygen atoms in total. The minimum Gasteiger partial charge on any atom is -0.313 e. The number of hydrogen-bond acceptors (Lipinski definition) is 4. The van der Waals surface area contributed by atoms with Crippen molar-refractivity contribution in [3.8, 4) is 0 Å². The predicted molar refractivity (Wildman–Crippen MR) is 77.0 cm³/mol. The summed E-state index contributed by atoms with van der Waals surface area (Å²) in [6.45, 7) is 5.37. The molecule has 0 saturated heterocycles. The fourth-order valence-electron chi connectivity index (χ4n) is 2.43. The van der Waals surface area contributed by atoms with E-state index < -0.39 is 0 Å². The summed E-state index contributed by atoms with van der Waals surface area (Å²) in [6.07, 6.45) is 6.82. The summed E-state index contributed by atoms with van der Waals surface area (Å²) in [5.74, 6) is 0. The molecule has 0 radical (unpaired) electrons. The van der Waals surface area contributed by atoms with Gasteiger partial charge in [-0.2, -0.15) is 0 Å². The van der Waals surface area contributed by atoms with E-state index in [1.165, 1.54) is 36.4 Å². The highest BCUT2D eigenvalue weighted by Crippen LogP contribution is 2.34. The largest absolute Gasteiger partial charge is 0.313 e. The SMILES string of the molecule is CCNC1CCCCCC1Sc1nc(C)cs1. The predicted octanol–water partition coefficient (Wildman–Crippen LogP) is 3.85. The zero-order valence-electron chi connectivity index (χ0n) is 10.7. The molecule has 2 atom stereocenters. The lowest BCUT2D eigenvalue weighted by molar-refractivity contribution is 0.482. The number of aromatic nitrogens is 1. The average molecular weight is 270 g/mol. The molecule has 0 aliphatic heterocycles. The van der Waals surface area contributed by atoms with Crippen LogP contribution in [0.4, 0.5) is 0 Å². The molecule has 2 unspecified atom stereocenters. The molecule has 1 N–H and O–H groups in total. The second kappa shape index (κ2) is 6.76. The van der Waals surface area contributed by atoms with E-state index in [2.05, 4.69) is 29.5 Å². The number of nitrogens with zero attached hydrogens (tertiary/aromatic N) is 1. The van der Waals surface area contributed by atoms with E-state index in [0.717, 1.165) is 12.2 Å². The molecule has 2 rings (SSSR count). The molecule has 1 heterocycles. The maximum atomic E-state index is 4.58. The second-order valence-electron chi connectivity index (χ2n) is 4.71. The van der Waals surface area contributed by atoms with E-state index in [4.69, 9.17) is 0 Å². The Morgan fingerprint density at radius 3 is 2.94 bits per heavy atom. The third-order valence-electron chi connectivity index (χ3n) is 3.27. The molecule has 1 saturated carbocycles. The van der Waals surface area contributed by atoms with Gasteiger partial charge in [0.05, 0.1) is 0 Å². The van der Waals surface area contributed by atoms with Crippen molar-refractivity contribution in [3.05, 3.63) is 11.1 Å². The molecule has 0 spiro atoms. The Balaban J connectivity index is 1.99. The number of aryl methyl sites for hydroxylation is 1. The zero-order valence-corrected chi connectivity index (χ0v) is 12.4. The normalized spacial score (nSPS) is 25.8. The van der Waals surface area contributed by atoms with Gasteiger partial charge in [0.25, 0.3) is 0 Å². The second-order valence-corrected chi connectivity index (χ2v) is 7.06. The van der Waals surface area contributed by atoms with Crippen molar-refractivity contribution in [3.63, 3.8) is 0 Å². The Hall–Kier alpha value is -0.0600. The summed E-state index contributed by atoms with van der Waals surface area (Å²) in [5.41, 5.74) is 1.16. The van der Waals surface area contributed by atoms with Crippen LogP contribution in [-0.4, -0.2) is 22.8 Å². The van der Waals surface area contributed by atoms with Crippen LogP contribution in [0.1, 0.15) is 44.7 Å². The molecular weight excluding hydrogens is 248 g/mol. The lowest BCUT2D eigenvalue weighted by atomic mass is 10.1. The topological polar surface area (TPSA) is 24.9 Å². The van der Waals surface area contributed by atoms with E-state index in [1.54, 1.807) is 11.3 Å². The maximum Gasteiger partial charge on any atom is 0.150 e. The van der Waals surface area contributed by atoms with Gasteiger partial charge in [-0.15, -0.1) is 11.3 Å². The third-order valence-corrected chi connectivity index (χ3v) is 5.76. The molecule has 17 heavy (non-hydrogen) atoms. The van der Waals surface area contributed by atoms with E-state index in [-0.39, 0.29) is 0 Å². The molecule has 0 bridgehead atoms. The van der Waals surface area contributed by atoms with E-state index in [1.807, 2.05) is 11.8 Å². The zero-order chi connectivity index (χ0) is 12.1. The lowest BCUT2D eigenvalue weighted by Crippen LogP contribution is -2.37. The first-order valence-electron chi connectivity index (χ1n) is 6.61. The van der Waals surface area contributed by atoms with Gasteiger partial charge in [-0.25, -0.2) is 4.98 Å². The van der Waals surface area contributed by atoms with Gasteiger partial charge in [0, 0.05) is 22.4 Å². The van der Waals surface area contributed by atoms with Crippen molar-refractivity contribution in [2.24, 2.45) is 0 Å². The van der Waals surface area contributed by atoms with Gasteiger partial charge in [-0.3, -0.25) is 0 Å². The minimum absolute atomic E-state index is 0.678. The standard InChI is InChI=1S/C13H22N2S2/c1-3-14-11-7-5-4-6-8-12(11)17-13-15-10(2)9-16-13/h9,11-12,14H,3-8H2,1-2H3. The molecule has 4 heteroatoms. The van der Waals surface area contributed by atoms with Gasteiger partial charge in [-0.1, -0.05) is 37.9 Å². The highest BCUT2D eigenvalue weighted by atomic mass is 32.2. The molecule has 1 aliphatic rings. The first-order valence-corrected chi connectivity index (χ1v) is 8.37. The Bertz CT molecular complexity index is 338. The van der Waals surface area contributed by atoms with Crippen molar-refractivity contribution in [1.29, 1.82) is 0 Å². The van der Waals surface area contributed by atoms with Crippen LogP contribution < -0.4 is 5.32 Å². The Morgan fingerprint density at radius 2 is 2.24 bits per heavy atom. The summed E-state index contributed by atoms with van der Waals surface area (Å²) in [6, 6.07) is 0.678. The Kier molecular flexibility index (Phi) is 5.32. The van der Waals surface area contributed by atoms with Crippen LogP contribution in [0.25, 0.3) is 0 Å². The van der Waals surface area contributed by atoms with Crippen LogP contribution >= 0.6 is 23.1 Å². The van der Waals surface area contributed by atoms with Crippen molar-refractivity contribution < 1.29 is 0 Å². The molecule has 1 aromatic rings. The third kappa shape index (κ3) is 3.97. The van der Waals surface area contributed by atoms with Crippen molar-refractivity contribution in [2.45, 2.75) is 61.6 Å².